The summed E-state index contributed by atoms with van der Waals surface area (Å²) in [6.07, 6.45) is 0. The highest BCUT2D eigenvalue weighted by Crippen LogP contribution is 2.22. The first-order chi connectivity index (χ1) is 9.85. The van der Waals surface area contributed by atoms with Crippen LogP contribution in [0.1, 0.15) is 10.4 Å². The Hall–Kier alpha value is -1.96. The van der Waals surface area contributed by atoms with E-state index in [2.05, 4.69) is 15.3 Å². The van der Waals surface area contributed by atoms with Gasteiger partial charge in [0, 0.05) is 28.8 Å². The number of benzene rings is 1. The standard InChI is InChI=1S/C11H5Cl3N4O3/c12-6-1-5(2-7(3-6)18(20)21)10(19)16-9-4-8(13)15-11(14)17-9/h1-4H,(H,15,16,17,19). The minimum atomic E-state index is -0.652. The third-order valence-electron chi connectivity index (χ3n) is 2.26. The zero-order chi connectivity index (χ0) is 15.6. The topological polar surface area (TPSA) is 98.0 Å². The van der Waals surface area contributed by atoms with Gasteiger partial charge < -0.3 is 5.32 Å². The van der Waals surface area contributed by atoms with E-state index in [0.717, 1.165) is 12.1 Å². The van der Waals surface area contributed by atoms with Crippen molar-refractivity contribution in [2.24, 2.45) is 0 Å². The number of rotatable bonds is 3. The molecule has 0 fully saturated rings. The fraction of sp³-hybridized carbons (Fsp3) is 0. The van der Waals surface area contributed by atoms with E-state index in [-0.39, 0.29) is 32.5 Å². The maximum atomic E-state index is 12.0. The summed E-state index contributed by atoms with van der Waals surface area (Å²) in [6, 6.07) is 4.79. The highest BCUT2D eigenvalue weighted by Gasteiger charge is 2.15. The van der Waals surface area contributed by atoms with Crippen molar-refractivity contribution in [2.45, 2.75) is 0 Å². The van der Waals surface area contributed by atoms with Crippen LogP contribution in [0.25, 0.3) is 0 Å². The Balaban J connectivity index is 2.30. The average Bonchev–Trinajstić information content (AvgIpc) is 2.36. The predicted octanol–water partition coefficient (Wildman–Crippen LogP) is 3.60. The van der Waals surface area contributed by atoms with Crippen molar-refractivity contribution in [3.05, 3.63) is 55.4 Å². The smallest absolute Gasteiger partial charge is 0.271 e. The van der Waals surface area contributed by atoms with Crippen molar-refractivity contribution in [1.82, 2.24) is 9.97 Å². The van der Waals surface area contributed by atoms with Gasteiger partial charge in [-0.2, -0.15) is 0 Å². The van der Waals surface area contributed by atoms with Crippen molar-refractivity contribution in [3.63, 3.8) is 0 Å². The van der Waals surface area contributed by atoms with E-state index in [1.54, 1.807) is 0 Å². The van der Waals surface area contributed by atoms with Gasteiger partial charge in [-0.05, 0) is 17.7 Å². The molecule has 0 unspecified atom stereocenters. The molecule has 21 heavy (non-hydrogen) atoms. The van der Waals surface area contributed by atoms with E-state index < -0.39 is 10.8 Å². The van der Waals surface area contributed by atoms with Gasteiger partial charge in [0.05, 0.1) is 4.92 Å². The van der Waals surface area contributed by atoms with Crippen LogP contribution >= 0.6 is 34.8 Å². The molecule has 0 saturated heterocycles. The van der Waals surface area contributed by atoms with Gasteiger partial charge in [0.15, 0.2) is 0 Å². The van der Waals surface area contributed by atoms with Crippen LogP contribution in [0.4, 0.5) is 11.5 Å². The lowest BCUT2D eigenvalue weighted by molar-refractivity contribution is -0.384. The number of hydrogen-bond acceptors (Lipinski definition) is 5. The second-order valence-electron chi connectivity index (χ2n) is 3.75. The van der Waals surface area contributed by atoms with Crippen molar-refractivity contribution >= 4 is 52.2 Å². The molecule has 2 aromatic rings. The van der Waals surface area contributed by atoms with Gasteiger partial charge in [0.1, 0.15) is 11.0 Å². The SMILES string of the molecule is O=C(Nc1cc(Cl)nc(Cl)n1)c1cc(Cl)cc([N+](=O)[O-])c1. The quantitative estimate of drug-likeness (QED) is 0.396. The van der Waals surface area contributed by atoms with Gasteiger partial charge in [-0.3, -0.25) is 14.9 Å². The predicted molar refractivity (Wildman–Crippen MR) is 78.1 cm³/mol. The van der Waals surface area contributed by atoms with E-state index in [9.17, 15) is 14.9 Å². The van der Waals surface area contributed by atoms with Gasteiger partial charge in [0.2, 0.25) is 5.28 Å². The van der Waals surface area contributed by atoms with Crippen molar-refractivity contribution in [3.8, 4) is 0 Å². The van der Waals surface area contributed by atoms with Crippen molar-refractivity contribution in [2.75, 3.05) is 5.32 Å². The van der Waals surface area contributed by atoms with E-state index >= 15 is 0 Å². The number of nitro groups is 1. The number of hydrogen-bond donors (Lipinski definition) is 1. The molecule has 0 saturated carbocycles. The molecule has 1 heterocycles. The molecular formula is C11H5Cl3N4O3. The lowest BCUT2D eigenvalue weighted by atomic mass is 10.2. The summed E-state index contributed by atoms with van der Waals surface area (Å²) >= 11 is 17.0. The molecule has 0 atom stereocenters. The number of nitrogens with zero attached hydrogens (tertiary/aromatic N) is 3. The van der Waals surface area contributed by atoms with Gasteiger partial charge >= 0.3 is 0 Å². The molecule has 7 nitrogen and oxygen atoms in total. The Morgan fingerprint density at radius 3 is 2.48 bits per heavy atom. The summed E-state index contributed by atoms with van der Waals surface area (Å²) in [7, 11) is 0. The van der Waals surface area contributed by atoms with Gasteiger partial charge in [0.25, 0.3) is 11.6 Å². The summed E-state index contributed by atoms with van der Waals surface area (Å²) < 4.78 is 0. The highest BCUT2D eigenvalue weighted by atomic mass is 35.5. The molecule has 0 bridgehead atoms. The third-order valence-corrected chi connectivity index (χ3v) is 2.85. The summed E-state index contributed by atoms with van der Waals surface area (Å²) in [5.74, 6) is -0.584. The minimum Gasteiger partial charge on any atom is -0.306 e. The number of nitro benzene ring substituents is 1. The lowest BCUT2D eigenvalue weighted by Gasteiger charge is -2.05. The molecule has 1 aromatic carbocycles. The fourth-order valence-corrected chi connectivity index (χ4v) is 2.09. The summed E-state index contributed by atoms with van der Waals surface area (Å²) in [6.45, 7) is 0. The molecular weight excluding hydrogens is 343 g/mol. The van der Waals surface area contributed by atoms with Crippen LogP contribution in [0.3, 0.4) is 0 Å². The van der Waals surface area contributed by atoms with Crippen LogP contribution < -0.4 is 5.32 Å². The summed E-state index contributed by atoms with van der Waals surface area (Å²) in [5, 5.41) is 13.1. The first kappa shape index (κ1) is 15.4. The first-order valence-corrected chi connectivity index (χ1v) is 6.45. The van der Waals surface area contributed by atoms with E-state index in [4.69, 9.17) is 34.8 Å². The molecule has 0 aliphatic carbocycles. The number of halogens is 3. The Morgan fingerprint density at radius 2 is 1.86 bits per heavy atom. The van der Waals surface area contributed by atoms with Crippen LogP contribution in [0, 0.1) is 10.1 Å². The second kappa shape index (κ2) is 6.21. The van der Waals surface area contributed by atoms with E-state index in [0.29, 0.717) is 0 Å². The zero-order valence-corrected chi connectivity index (χ0v) is 12.3. The normalized spacial score (nSPS) is 10.2. The number of carbonyl (C=O) groups excluding carboxylic acids is 1. The monoisotopic (exact) mass is 346 g/mol. The molecule has 1 aromatic heterocycles. The van der Waals surface area contributed by atoms with Gasteiger partial charge in [-0.15, -0.1) is 0 Å². The van der Waals surface area contributed by atoms with Crippen LogP contribution in [0.2, 0.25) is 15.5 Å². The van der Waals surface area contributed by atoms with Crippen LogP contribution in [0.5, 0.6) is 0 Å². The Morgan fingerprint density at radius 1 is 1.14 bits per heavy atom. The summed E-state index contributed by atoms with van der Waals surface area (Å²) in [4.78, 5) is 29.5. The number of anilines is 1. The molecule has 0 radical (unpaired) electrons. The maximum absolute atomic E-state index is 12.0. The number of aromatic nitrogens is 2. The lowest BCUT2D eigenvalue weighted by Crippen LogP contribution is -2.13. The molecule has 0 spiro atoms. The highest BCUT2D eigenvalue weighted by molar-refractivity contribution is 6.32. The molecule has 1 amide bonds. The van der Waals surface area contributed by atoms with Crippen molar-refractivity contribution < 1.29 is 9.72 Å². The number of non-ortho nitro benzene ring substituents is 1. The molecule has 0 aliphatic heterocycles. The van der Waals surface area contributed by atoms with Gasteiger partial charge in [-0.25, -0.2) is 9.97 Å². The molecule has 10 heteroatoms. The fourth-order valence-electron chi connectivity index (χ4n) is 1.45. The largest absolute Gasteiger partial charge is 0.306 e. The molecule has 1 N–H and O–H groups in total. The second-order valence-corrected chi connectivity index (χ2v) is 4.92. The Kier molecular flexibility index (Phi) is 4.56. The zero-order valence-electron chi connectivity index (χ0n) is 10.0. The molecule has 0 aliphatic rings. The van der Waals surface area contributed by atoms with E-state index in [1.165, 1.54) is 12.1 Å². The first-order valence-electron chi connectivity index (χ1n) is 5.31. The van der Waals surface area contributed by atoms with Gasteiger partial charge in [-0.1, -0.05) is 23.2 Å². The summed E-state index contributed by atoms with van der Waals surface area (Å²) in [5.41, 5.74) is -0.300. The number of amides is 1. The Labute approximate surface area is 133 Å². The average molecular weight is 348 g/mol. The number of carbonyl (C=O) groups is 1. The number of nitrogens with one attached hydrogen (secondary N) is 1. The van der Waals surface area contributed by atoms with Crippen LogP contribution in [-0.2, 0) is 0 Å². The Bertz CT molecular complexity index is 718. The van der Waals surface area contributed by atoms with Crippen LogP contribution in [0.15, 0.2) is 24.3 Å². The molecule has 2 rings (SSSR count). The van der Waals surface area contributed by atoms with Crippen LogP contribution in [-0.4, -0.2) is 20.8 Å². The van der Waals surface area contributed by atoms with E-state index in [1.807, 2.05) is 0 Å². The minimum absolute atomic E-state index is 0.0000529. The molecule has 108 valence electrons. The maximum Gasteiger partial charge on any atom is 0.271 e. The third kappa shape index (κ3) is 4.01. The van der Waals surface area contributed by atoms with Crippen molar-refractivity contribution in [1.29, 1.82) is 0 Å².